The maximum atomic E-state index is 11.9. The number of nitrogen functional groups attached to an aromatic ring is 1. The smallest absolute Gasteiger partial charge is 0.289 e. The quantitative estimate of drug-likeness (QED) is 0.647. The van der Waals surface area contributed by atoms with E-state index in [9.17, 15) is 9.59 Å². The van der Waals surface area contributed by atoms with Crippen LogP contribution in [0.1, 0.15) is 31.4 Å². The fourth-order valence-electron chi connectivity index (χ4n) is 1.51. The molecule has 1 rings (SSSR count). The zero-order valence-corrected chi connectivity index (χ0v) is 10.7. The molecule has 0 fully saturated rings. The minimum atomic E-state index is -0.622. The predicted molar refractivity (Wildman–Crippen MR) is 65.7 cm³/mol. The summed E-state index contributed by atoms with van der Waals surface area (Å²) in [6.45, 7) is 6.59. The number of likely N-dealkylation sites (N-methyl/N-ethyl adjacent to an activating group) is 1. The van der Waals surface area contributed by atoms with E-state index in [1.165, 1.54) is 0 Å². The molecule has 0 saturated carbocycles. The van der Waals surface area contributed by atoms with Crippen molar-refractivity contribution in [2.75, 3.05) is 18.8 Å². The van der Waals surface area contributed by atoms with Crippen molar-refractivity contribution in [1.29, 1.82) is 0 Å². The molecule has 18 heavy (non-hydrogen) atoms. The fraction of sp³-hybridized carbons (Fsp3) is 0.600. The Kier molecular flexibility index (Phi) is 4.64. The van der Waals surface area contributed by atoms with E-state index in [2.05, 4.69) is 20.5 Å². The van der Waals surface area contributed by atoms with E-state index in [1.54, 1.807) is 11.8 Å². The van der Waals surface area contributed by atoms with Crippen molar-refractivity contribution in [2.24, 2.45) is 0 Å². The van der Waals surface area contributed by atoms with Crippen LogP contribution in [0.3, 0.4) is 0 Å². The van der Waals surface area contributed by atoms with Gasteiger partial charge in [-0.05, 0) is 20.8 Å². The molecule has 0 aromatic carbocycles. The van der Waals surface area contributed by atoms with Crippen LogP contribution in [0.2, 0.25) is 0 Å². The SMILES string of the molecule is CCN(CC)C(=O)C(C)NC(=O)c1nc(N)n[nH]1. The monoisotopic (exact) mass is 254 g/mol. The molecule has 1 atom stereocenters. The molecule has 8 heteroatoms. The van der Waals surface area contributed by atoms with E-state index in [4.69, 9.17) is 5.73 Å². The standard InChI is InChI=1S/C10H18N6O2/c1-4-16(5-2)9(18)6(3)12-8(17)7-13-10(11)15-14-7/h6H,4-5H2,1-3H3,(H,12,17)(H3,11,13,14,15). The van der Waals surface area contributed by atoms with Gasteiger partial charge in [0.2, 0.25) is 17.7 Å². The second-order valence-electron chi connectivity index (χ2n) is 3.75. The molecule has 0 radical (unpaired) electrons. The molecule has 1 heterocycles. The summed E-state index contributed by atoms with van der Waals surface area (Å²) in [6.07, 6.45) is 0. The van der Waals surface area contributed by atoms with Gasteiger partial charge in [-0.15, -0.1) is 5.10 Å². The first kappa shape index (κ1) is 13.9. The summed E-state index contributed by atoms with van der Waals surface area (Å²) in [5, 5.41) is 8.47. The van der Waals surface area contributed by atoms with Crippen LogP contribution >= 0.6 is 0 Å². The Balaban J connectivity index is 2.62. The number of hydrogen-bond acceptors (Lipinski definition) is 5. The summed E-state index contributed by atoms with van der Waals surface area (Å²) >= 11 is 0. The predicted octanol–water partition coefficient (Wildman–Crippen LogP) is -0.626. The number of carbonyl (C=O) groups excluding carboxylic acids is 2. The molecule has 0 aliphatic heterocycles. The average Bonchev–Trinajstić information content (AvgIpc) is 2.77. The molecule has 1 aromatic heterocycles. The normalized spacial score (nSPS) is 11.9. The van der Waals surface area contributed by atoms with E-state index < -0.39 is 11.9 Å². The maximum absolute atomic E-state index is 11.9. The number of anilines is 1. The Hall–Kier alpha value is -2.12. The summed E-state index contributed by atoms with van der Waals surface area (Å²) in [4.78, 5) is 28.9. The summed E-state index contributed by atoms with van der Waals surface area (Å²) in [5.74, 6) is -0.664. The Bertz CT molecular complexity index is 426. The second-order valence-corrected chi connectivity index (χ2v) is 3.75. The number of rotatable bonds is 5. The molecule has 0 saturated heterocycles. The van der Waals surface area contributed by atoms with Crippen molar-refractivity contribution in [3.63, 3.8) is 0 Å². The van der Waals surface area contributed by atoms with Crippen molar-refractivity contribution in [3.05, 3.63) is 5.82 Å². The molecule has 4 N–H and O–H groups in total. The molecule has 2 amide bonds. The lowest BCUT2D eigenvalue weighted by Gasteiger charge is -2.23. The lowest BCUT2D eigenvalue weighted by Crippen LogP contribution is -2.47. The highest BCUT2D eigenvalue weighted by molar-refractivity contribution is 5.94. The third-order valence-electron chi connectivity index (χ3n) is 2.51. The van der Waals surface area contributed by atoms with Crippen LogP contribution in [0.5, 0.6) is 0 Å². The molecule has 8 nitrogen and oxygen atoms in total. The summed E-state index contributed by atoms with van der Waals surface area (Å²) in [7, 11) is 0. The molecular weight excluding hydrogens is 236 g/mol. The summed E-state index contributed by atoms with van der Waals surface area (Å²) < 4.78 is 0. The number of amides is 2. The first-order valence-electron chi connectivity index (χ1n) is 5.77. The lowest BCUT2D eigenvalue weighted by molar-refractivity contribution is -0.132. The third-order valence-corrected chi connectivity index (χ3v) is 2.51. The summed E-state index contributed by atoms with van der Waals surface area (Å²) in [5.41, 5.74) is 5.29. The Morgan fingerprint density at radius 2 is 2.06 bits per heavy atom. The van der Waals surface area contributed by atoms with Crippen molar-refractivity contribution in [3.8, 4) is 0 Å². The van der Waals surface area contributed by atoms with Crippen molar-refractivity contribution in [1.82, 2.24) is 25.4 Å². The Morgan fingerprint density at radius 3 is 2.50 bits per heavy atom. The highest BCUT2D eigenvalue weighted by atomic mass is 16.2. The van der Waals surface area contributed by atoms with Gasteiger partial charge in [0.25, 0.3) is 5.91 Å². The zero-order chi connectivity index (χ0) is 13.7. The molecular formula is C10H18N6O2. The molecule has 0 aliphatic rings. The van der Waals surface area contributed by atoms with Gasteiger partial charge in [0, 0.05) is 13.1 Å². The van der Waals surface area contributed by atoms with Crippen LogP contribution in [-0.2, 0) is 4.79 Å². The molecule has 0 aliphatic carbocycles. The van der Waals surface area contributed by atoms with Crippen LogP contribution in [-0.4, -0.2) is 51.0 Å². The number of aromatic amines is 1. The number of nitrogens with one attached hydrogen (secondary N) is 2. The topological polar surface area (TPSA) is 117 Å². The number of H-pyrrole nitrogens is 1. The van der Waals surface area contributed by atoms with Crippen LogP contribution < -0.4 is 11.1 Å². The van der Waals surface area contributed by atoms with Crippen molar-refractivity contribution < 1.29 is 9.59 Å². The van der Waals surface area contributed by atoms with Gasteiger partial charge in [-0.25, -0.2) is 0 Å². The number of nitrogens with zero attached hydrogens (tertiary/aromatic N) is 3. The number of nitrogens with two attached hydrogens (primary N) is 1. The minimum Gasteiger partial charge on any atom is -0.366 e. The van der Waals surface area contributed by atoms with Gasteiger partial charge in [-0.2, -0.15) is 4.98 Å². The first-order chi connectivity index (χ1) is 8.49. The summed E-state index contributed by atoms with van der Waals surface area (Å²) in [6, 6.07) is -0.622. The van der Waals surface area contributed by atoms with E-state index in [1.807, 2.05) is 13.8 Å². The molecule has 1 aromatic rings. The van der Waals surface area contributed by atoms with Crippen LogP contribution in [0, 0.1) is 0 Å². The minimum absolute atomic E-state index is 0.00769. The van der Waals surface area contributed by atoms with Gasteiger partial charge in [0.05, 0.1) is 0 Å². The van der Waals surface area contributed by atoms with Gasteiger partial charge in [-0.3, -0.25) is 14.7 Å². The Labute approximate surface area is 105 Å². The molecule has 0 spiro atoms. The Morgan fingerprint density at radius 1 is 1.44 bits per heavy atom. The second kappa shape index (κ2) is 5.99. The van der Waals surface area contributed by atoms with Gasteiger partial charge < -0.3 is 16.0 Å². The van der Waals surface area contributed by atoms with Crippen LogP contribution in [0.4, 0.5) is 5.95 Å². The van der Waals surface area contributed by atoms with Gasteiger partial charge in [0.1, 0.15) is 6.04 Å². The maximum Gasteiger partial charge on any atom is 0.289 e. The largest absolute Gasteiger partial charge is 0.366 e. The number of carbonyl (C=O) groups is 2. The van der Waals surface area contributed by atoms with Crippen molar-refractivity contribution in [2.45, 2.75) is 26.8 Å². The first-order valence-corrected chi connectivity index (χ1v) is 5.77. The number of aromatic nitrogens is 3. The van der Waals surface area contributed by atoms with E-state index in [0.717, 1.165) is 0 Å². The van der Waals surface area contributed by atoms with Crippen LogP contribution in [0.15, 0.2) is 0 Å². The van der Waals surface area contributed by atoms with E-state index in [-0.39, 0.29) is 17.7 Å². The molecule has 1 unspecified atom stereocenters. The van der Waals surface area contributed by atoms with Gasteiger partial charge >= 0.3 is 0 Å². The van der Waals surface area contributed by atoms with Gasteiger partial charge in [-0.1, -0.05) is 0 Å². The number of hydrogen-bond donors (Lipinski definition) is 3. The lowest BCUT2D eigenvalue weighted by atomic mass is 10.2. The molecule has 0 bridgehead atoms. The molecule has 100 valence electrons. The van der Waals surface area contributed by atoms with E-state index >= 15 is 0 Å². The third kappa shape index (κ3) is 3.19. The van der Waals surface area contributed by atoms with Crippen molar-refractivity contribution >= 4 is 17.8 Å². The van der Waals surface area contributed by atoms with E-state index in [0.29, 0.717) is 13.1 Å². The zero-order valence-electron chi connectivity index (χ0n) is 10.7. The average molecular weight is 254 g/mol. The highest BCUT2D eigenvalue weighted by Crippen LogP contribution is 1.98. The van der Waals surface area contributed by atoms with Crippen LogP contribution in [0.25, 0.3) is 0 Å². The highest BCUT2D eigenvalue weighted by Gasteiger charge is 2.21. The van der Waals surface area contributed by atoms with Gasteiger partial charge in [0.15, 0.2) is 0 Å². The fourth-order valence-corrected chi connectivity index (χ4v) is 1.51.